The summed E-state index contributed by atoms with van der Waals surface area (Å²) in [6.45, 7) is 9.57. The predicted molar refractivity (Wildman–Crippen MR) is 93.7 cm³/mol. The Balaban J connectivity index is 3.22. The molecule has 0 aliphatic carbocycles. The molecule has 0 saturated carbocycles. The van der Waals surface area contributed by atoms with Crippen LogP contribution in [0, 0.1) is 9.81 Å². The van der Waals surface area contributed by atoms with Gasteiger partial charge >= 0.3 is 0 Å². The summed E-state index contributed by atoms with van der Waals surface area (Å²) >= 11 is 0. The standard InChI is InChI=1S/C18H22N2O3/c1-6-11(2)17(20-23)9-12(3)13(4)14(5)15-7-8-16(19-22)18(21)10-15/h6-10,14,21H,1-5H3/b11-6-,13-12+,17-9+. The highest BCUT2D eigenvalue weighted by Crippen LogP contribution is 2.33. The largest absolute Gasteiger partial charge is 0.506 e. The molecule has 1 atom stereocenters. The predicted octanol–water partition coefficient (Wildman–Crippen LogP) is 5.85. The minimum Gasteiger partial charge on any atom is -0.506 e. The van der Waals surface area contributed by atoms with Crippen LogP contribution >= 0.6 is 0 Å². The van der Waals surface area contributed by atoms with Crippen LogP contribution in [0.5, 0.6) is 5.75 Å². The van der Waals surface area contributed by atoms with Crippen LogP contribution in [0.25, 0.3) is 0 Å². The first-order valence-electron chi connectivity index (χ1n) is 7.37. The molecular formula is C18H22N2O3. The van der Waals surface area contributed by atoms with Crippen LogP contribution in [-0.2, 0) is 0 Å². The Bertz CT molecular complexity index is 700. The summed E-state index contributed by atoms with van der Waals surface area (Å²) in [5, 5.41) is 15.6. The molecule has 5 nitrogen and oxygen atoms in total. The Morgan fingerprint density at radius 3 is 2.35 bits per heavy atom. The minimum absolute atomic E-state index is 0.0108. The zero-order valence-electron chi connectivity index (χ0n) is 14.1. The van der Waals surface area contributed by atoms with Gasteiger partial charge < -0.3 is 5.11 Å². The van der Waals surface area contributed by atoms with Crippen LogP contribution < -0.4 is 0 Å². The van der Waals surface area contributed by atoms with Crippen molar-refractivity contribution in [1.29, 1.82) is 0 Å². The van der Waals surface area contributed by atoms with Crippen LogP contribution in [0.1, 0.15) is 46.1 Å². The minimum atomic E-state index is -0.134. The fourth-order valence-electron chi connectivity index (χ4n) is 2.16. The van der Waals surface area contributed by atoms with Crippen molar-refractivity contribution in [3.05, 3.63) is 68.1 Å². The van der Waals surface area contributed by atoms with E-state index >= 15 is 0 Å². The molecule has 0 aliphatic rings. The van der Waals surface area contributed by atoms with Gasteiger partial charge in [0.05, 0.1) is 0 Å². The summed E-state index contributed by atoms with van der Waals surface area (Å²) in [5.74, 6) is -0.123. The van der Waals surface area contributed by atoms with E-state index in [-0.39, 0.29) is 17.4 Å². The Labute approximate surface area is 136 Å². The van der Waals surface area contributed by atoms with Crippen molar-refractivity contribution in [3.8, 4) is 5.75 Å². The molecule has 0 aliphatic heterocycles. The quantitative estimate of drug-likeness (QED) is 0.528. The molecule has 0 bridgehead atoms. The maximum atomic E-state index is 11.0. The van der Waals surface area contributed by atoms with E-state index in [0.717, 1.165) is 22.3 Å². The zero-order valence-corrected chi connectivity index (χ0v) is 14.1. The highest BCUT2D eigenvalue weighted by molar-refractivity contribution is 5.53. The number of phenols is 1. The number of hydrogen-bond donors (Lipinski definition) is 1. The van der Waals surface area contributed by atoms with Gasteiger partial charge in [0.2, 0.25) is 0 Å². The second-order valence-corrected chi connectivity index (χ2v) is 5.52. The summed E-state index contributed by atoms with van der Waals surface area (Å²) in [6, 6.07) is 4.80. The number of nitrogens with zero attached hydrogens (tertiary/aromatic N) is 2. The molecule has 0 fully saturated rings. The van der Waals surface area contributed by atoms with E-state index in [1.807, 2.05) is 40.7 Å². The smallest absolute Gasteiger partial charge is 0.149 e. The lowest BCUT2D eigenvalue weighted by Gasteiger charge is -2.16. The van der Waals surface area contributed by atoms with E-state index in [1.165, 1.54) is 12.1 Å². The van der Waals surface area contributed by atoms with Crippen molar-refractivity contribution in [2.75, 3.05) is 0 Å². The van der Waals surface area contributed by atoms with Crippen molar-refractivity contribution < 1.29 is 5.11 Å². The molecule has 1 rings (SSSR count). The first-order valence-corrected chi connectivity index (χ1v) is 7.37. The van der Waals surface area contributed by atoms with Crippen LogP contribution in [0.2, 0.25) is 0 Å². The molecule has 0 radical (unpaired) electrons. The Morgan fingerprint density at radius 1 is 1.22 bits per heavy atom. The number of allylic oxidation sites excluding steroid dienone is 5. The Morgan fingerprint density at radius 2 is 1.87 bits per heavy atom. The number of benzene rings is 1. The van der Waals surface area contributed by atoms with E-state index in [9.17, 15) is 14.9 Å². The van der Waals surface area contributed by atoms with Gasteiger partial charge in [0.25, 0.3) is 0 Å². The maximum absolute atomic E-state index is 11.0. The number of rotatable bonds is 6. The van der Waals surface area contributed by atoms with E-state index in [0.29, 0.717) is 5.70 Å². The third kappa shape index (κ3) is 4.45. The summed E-state index contributed by atoms with van der Waals surface area (Å²) in [5.41, 5.74) is 4.09. The first kappa shape index (κ1) is 18.5. The Hall–Kier alpha value is -2.56. The summed E-state index contributed by atoms with van der Waals surface area (Å²) < 4.78 is 0. The average molecular weight is 314 g/mol. The molecule has 122 valence electrons. The highest BCUT2D eigenvalue weighted by atomic mass is 16.3. The van der Waals surface area contributed by atoms with E-state index in [2.05, 4.69) is 10.4 Å². The third-order valence-electron chi connectivity index (χ3n) is 4.16. The normalized spacial score (nSPS) is 15.0. The van der Waals surface area contributed by atoms with Crippen molar-refractivity contribution in [1.82, 2.24) is 0 Å². The highest BCUT2D eigenvalue weighted by Gasteiger charge is 2.13. The lowest BCUT2D eigenvalue weighted by Crippen LogP contribution is -1.98. The van der Waals surface area contributed by atoms with E-state index in [4.69, 9.17) is 0 Å². The van der Waals surface area contributed by atoms with E-state index in [1.54, 1.807) is 12.1 Å². The molecule has 5 heteroatoms. The van der Waals surface area contributed by atoms with Gasteiger partial charge in [-0.05, 0) is 73.0 Å². The molecule has 1 aromatic carbocycles. The van der Waals surface area contributed by atoms with Gasteiger partial charge in [0.15, 0.2) is 0 Å². The molecule has 0 spiro atoms. The van der Waals surface area contributed by atoms with Crippen molar-refractivity contribution in [2.24, 2.45) is 10.4 Å². The number of hydrogen-bond acceptors (Lipinski definition) is 5. The average Bonchev–Trinajstić information content (AvgIpc) is 2.57. The maximum Gasteiger partial charge on any atom is 0.149 e. The second kappa shape index (κ2) is 8.17. The lowest BCUT2D eigenvalue weighted by molar-refractivity contribution is 0.475. The van der Waals surface area contributed by atoms with Gasteiger partial charge in [-0.1, -0.05) is 24.6 Å². The molecule has 0 heterocycles. The summed E-state index contributed by atoms with van der Waals surface area (Å²) in [4.78, 5) is 21.5. The van der Waals surface area contributed by atoms with Gasteiger partial charge in [-0.2, -0.15) is 0 Å². The fourth-order valence-corrected chi connectivity index (χ4v) is 2.16. The van der Waals surface area contributed by atoms with Gasteiger partial charge in [-0.3, -0.25) is 0 Å². The van der Waals surface area contributed by atoms with Crippen molar-refractivity contribution >= 4 is 5.69 Å². The number of nitroso groups, excluding NO2 is 2. The van der Waals surface area contributed by atoms with Crippen LogP contribution in [0.15, 0.2) is 63.1 Å². The van der Waals surface area contributed by atoms with Gasteiger partial charge in [-0.25, -0.2) is 0 Å². The van der Waals surface area contributed by atoms with Crippen LogP contribution in [0.3, 0.4) is 0 Å². The molecule has 1 unspecified atom stereocenters. The first-order chi connectivity index (χ1) is 10.8. The molecule has 23 heavy (non-hydrogen) atoms. The second-order valence-electron chi connectivity index (χ2n) is 5.52. The van der Waals surface area contributed by atoms with Crippen LogP contribution in [0.4, 0.5) is 5.69 Å². The van der Waals surface area contributed by atoms with Crippen molar-refractivity contribution in [2.45, 2.75) is 40.5 Å². The summed E-state index contributed by atoms with van der Waals surface area (Å²) in [6.07, 6.45) is 3.60. The number of aromatic hydroxyl groups is 1. The zero-order chi connectivity index (χ0) is 17.6. The van der Waals surface area contributed by atoms with E-state index < -0.39 is 0 Å². The molecule has 1 N–H and O–H groups in total. The SMILES string of the molecule is C\C=C(C)/C(=C\C(C)=C(/C)C(C)c1ccc(N=O)c(O)c1)N=O. The van der Waals surface area contributed by atoms with Gasteiger partial charge in [-0.15, -0.1) is 9.81 Å². The van der Waals surface area contributed by atoms with Crippen LogP contribution in [-0.4, -0.2) is 5.11 Å². The van der Waals surface area contributed by atoms with Crippen molar-refractivity contribution in [3.63, 3.8) is 0 Å². The van der Waals surface area contributed by atoms with Gasteiger partial charge in [0.1, 0.15) is 17.1 Å². The fraction of sp³-hybridized carbons (Fsp3) is 0.333. The lowest BCUT2D eigenvalue weighted by atomic mass is 9.90. The van der Waals surface area contributed by atoms with Gasteiger partial charge in [0, 0.05) is 5.92 Å². The molecule has 1 aromatic rings. The topological polar surface area (TPSA) is 79.1 Å². The Kier molecular flexibility index (Phi) is 6.57. The summed E-state index contributed by atoms with van der Waals surface area (Å²) in [7, 11) is 0. The molecule has 0 saturated heterocycles. The third-order valence-corrected chi connectivity index (χ3v) is 4.16. The number of phenolic OH excluding ortho intramolecular Hbond substituents is 1. The molecule has 0 amide bonds. The molecular weight excluding hydrogens is 292 g/mol. The molecule has 0 aromatic heterocycles. The monoisotopic (exact) mass is 314 g/mol.